The maximum atomic E-state index is 6.14. The van der Waals surface area contributed by atoms with Crippen molar-refractivity contribution in [2.45, 2.75) is 31.4 Å². The molecule has 1 aromatic carbocycles. The maximum Gasteiger partial charge on any atom is 0.0741 e. The van der Waals surface area contributed by atoms with Crippen molar-refractivity contribution in [2.24, 2.45) is 5.92 Å². The molecule has 1 N–H and O–H groups in total. The maximum absolute atomic E-state index is 6.14. The van der Waals surface area contributed by atoms with Gasteiger partial charge in [0.25, 0.3) is 0 Å². The summed E-state index contributed by atoms with van der Waals surface area (Å²) >= 11 is 12.1. The van der Waals surface area contributed by atoms with E-state index < -0.39 is 0 Å². The molecule has 0 amide bonds. The van der Waals surface area contributed by atoms with E-state index in [1.54, 1.807) is 0 Å². The Morgan fingerprint density at radius 1 is 1.18 bits per heavy atom. The summed E-state index contributed by atoms with van der Waals surface area (Å²) in [6.45, 7) is 4.43. The van der Waals surface area contributed by atoms with Crippen molar-refractivity contribution in [3.05, 3.63) is 33.8 Å². The molecule has 0 spiro atoms. The third kappa shape index (κ3) is 3.77. The smallest absolute Gasteiger partial charge is 0.0741 e. The number of benzene rings is 1. The normalized spacial score (nSPS) is 27.4. The largest absolute Gasteiger partial charge is 0.380 e. The van der Waals surface area contributed by atoms with E-state index in [2.05, 4.69) is 16.3 Å². The number of rotatable bonds is 4. The molecule has 2 saturated heterocycles. The minimum Gasteiger partial charge on any atom is -0.380 e. The Bertz CT molecular complexity index is 505. The zero-order valence-corrected chi connectivity index (χ0v) is 14.5. The van der Waals surface area contributed by atoms with E-state index in [0.29, 0.717) is 28.1 Å². The molecule has 2 fully saturated rings. The highest BCUT2D eigenvalue weighted by atomic mass is 35.5. The van der Waals surface area contributed by atoms with Crippen molar-refractivity contribution in [2.75, 3.05) is 33.3 Å². The number of piperidine rings is 1. The molecule has 2 atom stereocenters. The van der Waals surface area contributed by atoms with E-state index in [4.69, 9.17) is 27.9 Å². The molecular weight excluding hydrogens is 319 g/mol. The van der Waals surface area contributed by atoms with Crippen LogP contribution in [0.25, 0.3) is 0 Å². The predicted molar refractivity (Wildman–Crippen MR) is 91.9 cm³/mol. The van der Waals surface area contributed by atoms with Crippen molar-refractivity contribution < 1.29 is 4.74 Å². The Balaban J connectivity index is 1.65. The molecule has 5 heteroatoms. The summed E-state index contributed by atoms with van der Waals surface area (Å²) in [6.07, 6.45) is 3.80. The summed E-state index contributed by atoms with van der Waals surface area (Å²) in [7, 11) is 1.83. The molecule has 0 saturated carbocycles. The first-order chi connectivity index (χ1) is 10.7. The second-order valence-corrected chi connectivity index (χ2v) is 7.24. The quantitative estimate of drug-likeness (QED) is 0.908. The summed E-state index contributed by atoms with van der Waals surface area (Å²) in [6, 6.07) is 6.66. The first kappa shape index (κ1) is 16.5. The van der Waals surface area contributed by atoms with Crippen molar-refractivity contribution in [1.29, 1.82) is 0 Å². The molecule has 3 rings (SSSR count). The second-order valence-electron chi connectivity index (χ2n) is 6.42. The number of methoxy groups -OCH3 is 1. The highest BCUT2D eigenvalue weighted by Gasteiger charge is 2.36. The average molecular weight is 343 g/mol. The number of hydrogen-bond acceptors (Lipinski definition) is 3. The topological polar surface area (TPSA) is 24.5 Å². The van der Waals surface area contributed by atoms with Gasteiger partial charge in [-0.05, 0) is 50.0 Å². The Morgan fingerprint density at radius 3 is 2.64 bits per heavy atom. The van der Waals surface area contributed by atoms with Crippen LogP contribution < -0.4 is 5.32 Å². The number of nitrogens with one attached hydrogen (secondary N) is 1. The van der Waals surface area contributed by atoms with Gasteiger partial charge in [0.1, 0.15) is 0 Å². The fourth-order valence-corrected chi connectivity index (χ4v) is 4.10. The first-order valence-corrected chi connectivity index (χ1v) is 8.84. The molecule has 122 valence electrons. The molecule has 3 nitrogen and oxygen atoms in total. The van der Waals surface area contributed by atoms with Gasteiger partial charge in [0.15, 0.2) is 0 Å². The van der Waals surface area contributed by atoms with E-state index in [1.807, 2.05) is 19.2 Å². The fraction of sp³-hybridized carbons (Fsp3) is 0.647. The second kappa shape index (κ2) is 7.50. The predicted octanol–water partition coefficient (Wildman–Crippen LogP) is 3.23. The molecule has 0 bridgehead atoms. The van der Waals surface area contributed by atoms with Gasteiger partial charge in [-0.15, -0.1) is 0 Å². The third-order valence-electron chi connectivity index (χ3n) is 5.02. The summed E-state index contributed by atoms with van der Waals surface area (Å²) in [5, 5.41) is 4.70. The van der Waals surface area contributed by atoms with Crippen LogP contribution in [0, 0.1) is 5.92 Å². The Hall–Kier alpha value is -0.320. The lowest BCUT2D eigenvalue weighted by Crippen LogP contribution is -2.42. The number of likely N-dealkylation sites (tertiary alicyclic amines) is 1. The van der Waals surface area contributed by atoms with Gasteiger partial charge < -0.3 is 10.1 Å². The van der Waals surface area contributed by atoms with Crippen molar-refractivity contribution in [3.8, 4) is 0 Å². The van der Waals surface area contributed by atoms with E-state index >= 15 is 0 Å². The van der Waals surface area contributed by atoms with Crippen LogP contribution in [0.4, 0.5) is 0 Å². The Kier molecular flexibility index (Phi) is 5.64. The van der Waals surface area contributed by atoms with Crippen LogP contribution in [-0.4, -0.2) is 50.3 Å². The standard InChI is InChI=1S/C17H24Cl2N2O/c1-22-17-11-21(14-4-6-20-7-5-14)10-13(17)8-12-2-3-15(18)16(19)9-12/h2-3,9,13-14,17,20H,4-8,10-11H2,1H3/t13?,17-/m1/s1. The fourth-order valence-electron chi connectivity index (χ4n) is 3.78. The zero-order valence-electron chi connectivity index (χ0n) is 13.0. The molecule has 0 aromatic heterocycles. The highest BCUT2D eigenvalue weighted by molar-refractivity contribution is 6.42. The van der Waals surface area contributed by atoms with Crippen LogP contribution in [0.3, 0.4) is 0 Å². The number of halogens is 2. The van der Waals surface area contributed by atoms with Gasteiger partial charge in [0.05, 0.1) is 16.1 Å². The lowest BCUT2D eigenvalue weighted by molar-refractivity contribution is 0.0742. The van der Waals surface area contributed by atoms with Gasteiger partial charge >= 0.3 is 0 Å². The molecule has 22 heavy (non-hydrogen) atoms. The zero-order chi connectivity index (χ0) is 15.5. The van der Waals surface area contributed by atoms with Crippen molar-refractivity contribution in [1.82, 2.24) is 10.2 Å². The van der Waals surface area contributed by atoms with Crippen LogP contribution in [-0.2, 0) is 11.2 Å². The monoisotopic (exact) mass is 342 g/mol. The van der Waals surface area contributed by atoms with Crippen LogP contribution in [0.5, 0.6) is 0 Å². The molecule has 1 unspecified atom stereocenters. The van der Waals surface area contributed by atoms with Crippen LogP contribution in [0.15, 0.2) is 18.2 Å². The third-order valence-corrected chi connectivity index (χ3v) is 5.76. The molecule has 0 aliphatic carbocycles. The van der Waals surface area contributed by atoms with Gasteiger partial charge in [0.2, 0.25) is 0 Å². The van der Waals surface area contributed by atoms with Crippen molar-refractivity contribution >= 4 is 23.2 Å². The first-order valence-electron chi connectivity index (χ1n) is 8.09. The minimum atomic E-state index is 0.310. The van der Waals surface area contributed by atoms with Crippen LogP contribution in [0.2, 0.25) is 10.0 Å². The number of hydrogen-bond donors (Lipinski definition) is 1. The molecule has 1 aromatic rings. The molecule has 2 aliphatic heterocycles. The SMILES string of the molecule is CO[C@@H]1CN(C2CCNCC2)CC1Cc1ccc(Cl)c(Cl)c1. The summed E-state index contributed by atoms with van der Waals surface area (Å²) in [4.78, 5) is 2.62. The van der Waals surface area contributed by atoms with Crippen LogP contribution in [0.1, 0.15) is 18.4 Å². The van der Waals surface area contributed by atoms with E-state index in [0.717, 1.165) is 32.6 Å². The van der Waals surface area contributed by atoms with Gasteiger partial charge in [-0.25, -0.2) is 0 Å². The molecular formula is C17H24Cl2N2O. The van der Waals surface area contributed by atoms with Gasteiger partial charge in [0, 0.05) is 32.2 Å². The van der Waals surface area contributed by atoms with Gasteiger partial charge in [-0.1, -0.05) is 29.3 Å². The molecule has 2 aliphatic rings. The summed E-state index contributed by atoms with van der Waals surface area (Å²) in [5.41, 5.74) is 1.24. The molecule has 0 radical (unpaired) electrons. The molecule has 2 heterocycles. The van der Waals surface area contributed by atoms with Gasteiger partial charge in [-0.3, -0.25) is 4.90 Å². The van der Waals surface area contributed by atoms with Gasteiger partial charge in [-0.2, -0.15) is 0 Å². The minimum absolute atomic E-state index is 0.310. The average Bonchev–Trinajstić information content (AvgIpc) is 2.95. The number of nitrogens with zero attached hydrogens (tertiary/aromatic N) is 1. The van der Waals surface area contributed by atoms with Crippen LogP contribution >= 0.6 is 23.2 Å². The summed E-state index contributed by atoms with van der Waals surface area (Å²) < 4.78 is 5.75. The van der Waals surface area contributed by atoms with E-state index in [9.17, 15) is 0 Å². The van der Waals surface area contributed by atoms with E-state index in [-0.39, 0.29) is 0 Å². The number of ether oxygens (including phenoxy) is 1. The van der Waals surface area contributed by atoms with E-state index in [1.165, 1.54) is 18.4 Å². The lowest BCUT2D eigenvalue weighted by atomic mass is 9.96. The lowest BCUT2D eigenvalue weighted by Gasteiger charge is -2.31. The van der Waals surface area contributed by atoms with Crippen molar-refractivity contribution in [3.63, 3.8) is 0 Å². The highest BCUT2D eigenvalue weighted by Crippen LogP contribution is 2.29. The Morgan fingerprint density at radius 2 is 1.95 bits per heavy atom. The Labute approximate surface area is 142 Å². The summed E-state index contributed by atoms with van der Waals surface area (Å²) in [5.74, 6) is 0.525.